The maximum Gasteiger partial charge on any atom is 0.181 e. The molecule has 0 bridgehead atoms. The van der Waals surface area contributed by atoms with Crippen molar-refractivity contribution in [1.82, 2.24) is 10.3 Å². The molecule has 2 unspecified atom stereocenters. The molecule has 1 aromatic heterocycles. The highest BCUT2D eigenvalue weighted by Gasteiger charge is 2.55. The van der Waals surface area contributed by atoms with E-state index in [0.717, 1.165) is 30.6 Å². The van der Waals surface area contributed by atoms with Crippen LogP contribution in [-0.4, -0.2) is 11.5 Å². The molecule has 0 saturated heterocycles. The van der Waals surface area contributed by atoms with E-state index in [1.165, 1.54) is 25.0 Å². The zero-order valence-corrected chi connectivity index (χ0v) is 9.20. The summed E-state index contributed by atoms with van der Waals surface area (Å²) in [6, 6.07) is 0. The van der Waals surface area contributed by atoms with Gasteiger partial charge in [-0.3, -0.25) is 0 Å². The van der Waals surface area contributed by atoms with Crippen molar-refractivity contribution in [3.63, 3.8) is 0 Å². The Hall–Kier alpha value is -0.830. The van der Waals surface area contributed by atoms with Gasteiger partial charge >= 0.3 is 0 Å². The number of hydrogen-bond acceptors (Lipinski definition) is 3. The molecule has 3 heteroatoms. The summed E-state index contributed by atoms with van der Waals surface area (Å²) in [5.74, 6) is 3.71. The van der Waals surface area contributed by atoms with Gasteiger partial charge in [-0.2, -0.15) is 0 Å². The van der Waals surface area contributed by atoms with Crippen LogP contribution in [0.4, 0.5) is 0 Å². The van der Waals surface area contributed by atoms with Crippen LogP contribution in [0.1, 0.15) is 43.6 Å². The Labute approximate surface area is 90.3 Å². The predicted molar refractivity (Wildman–Crippen MR) is 57.5 cm³/mol. The summed E-state index contributed by atoms with van der Waals surface area (Å²) in [5, 5.41) is 3.32. The average molecular weight is 206 g/mol. The van der Waals surface area contributed by atoms with Crippen molar-refractivity contribution in [2.75, 3.05) is 6.54 Å². The van der Waals surface area contributed by atoms with Crippen LogP contribution in [0.25, 0.3) is 0 Å². The number of fused-ring (bicyclic) bond motifs is 1. The summed E-state index contributed by atoms with van der Waals surface area (Å²) in [7, 11) is 0. The van der Waals surface area contributed by atoms with E-state index in [4.69, 9.17) is 4.42 Å². The molecule has 1 aromatic rings. The van der Waals surface area contributed by atoms with Crippen LogP contribution in [0.2, 0.25) is 0 Å². The fourth-order valence-electron chi connectivity index (χ4n) is 3.14. The third kappa shape index (κ3) is 1.49. The lowest BCUT2D eigenvalue weighted by molar-refractivity contribution is 0.475. The first kappa shape index (κ1) is 9.40. The second-order valence-electron chi connectivity index (χ2n) is 4.73. The second-order valence-corrected chi connectivity index (χ2v) is 4.73. The van der Waals surface area contributed by atoms with Crippen LogP contribution in [0.5, 0.6) is 0 Å². The van der Waals surface area contributed by atoms with Crippen LogP contribution < -0.4 is 5.32 Å². The quantitative estimate of drug-likeness (QED) is 0.821. The molecule has 0 aliphatic heterocycles. The van der Waals surface area contributed by atoms with E-state index in [1.54, 1.807) is 6.39 Å². The summed E-state index contributed by atoms with van der Waals surface area (Å²) >= 11 is 0. The zero-order valence-electron chi connectivity index (χ0n) is 9.20. The highest BCUT2D eigenvalue weighted by molar-refractivity contribution is 5.25. The molecule has 3 rings (SSSR count). The van der Waals surface area contributed by atoms with Gasteiger partial charge in [0.05, 0.1) is 5.69 Å². The van der Waals surface area contributed by atoms with Gasteiger partial charge in [-0.1, -0.05) is 13.3 Å². The van der Waals surface area contributed by atoms with Crippen LogP contribution in [-0.2, 0) is 6.54 Å². The van der Waals surface area contributed by atoms with E-state index in [2.05, 4.69) is 17.2 Å². The van der Waals surface area contributed by atoms with Gasteiger partial charge in [0.1, 0.15) is 5.76 Å². The molecule has 0 amide bonds. The number of rotatable bonds is 4. The van der Waals surface area contributed by atoms with E-state index < -0.39 is 0 Å². The van der Waals surface area contributed by atoms with E-state index >= 15 is 0 Å². The lowest BCUT2D eigenvalue weighted by atomic mass is 10.1. The lowest BCUT2D eigenvalue weighted by Crippen LogP contribution is -2.13. The molecule has 3 nitrogen and oxygen atoms in total. The molecular formula is C12H18N2O. The van der Waals surface area contributed by atoms with Gasteiger partial charge in [0.2, 0.25) is 0 Å². The van der Waals surface area contributed by atoms with E-state index in [0.29, 0.717) is 5.92 Å². The van der Waals surface area contributed by atoms with Crippen molar-refractivity contribution in [2.45, 2.75) is 38.6 Å². The fraction of sp³-hybridized carbons (Fsp3) is 0.750. The normalized spacial score (nSPS) is 33.0. The number of oxazole rings is 1. The zero-order chi connectivity index (χ0) is 10.3. The van der Waals surface area contributed by atoms with E-state index in [9.17, 15) is 0 Å². The molecule has 1 heterocycles. The minimum Gasteiger partial charge on any atom is -0.448 e. The number of nitrogens with one attached hydrogen (secondary N) is 1. The maximum absolute atomic E-state index is 5.57. The standard InChI is InChI=1S/C12H18N2O/c1-2-13-6-10-12(15-7-14-10)11-8-4-3-5-9(8)11/h7-9,11,13H,2-6H2,1H3. The molecule has 2 atom stereocenters. The van der Waals surface area contributed by atoms with Crippen molar-refractivity contribution in [1.29, 1.82) is 0 Å². The molecule has 0 aromatic carbocycles. The van der Waals surface area contributed by atoms with E-state index in [-0.39, 0.29) is 0 Å². The molecule has 2 aliphatic rings. The summed E-state index contributed by atoms with van der Waals surface area (Å²) < 4.78 is 5.57. The number of aromatic nitrogens is 1. The Morgan fingerprint density at radius 1 is 1.47 bits per heavy atom. The van der Waals surface area contributed by atoms with Crippen LogP contribution in [0, 0.1) is 11.8 Å². The van der Waals surface area contributed by atoms with Gasteiger partial charge in [0.15, 0.2) is 6.39 Å². The summed E-state index contributed by atoms with van der Waals surface area (Å²) in [4.78, 5) is 4.31. The SMILES string of the molecule is CCNCc1ncoc1C1C2CCCC21. The lowest BCUT2D eigenvalue weighted by Gasteiger charge is -2.03. The molecule has 2 fully saturated rings. The summed E-state index contributed by atoms with van der Waals surface area (Å²) in [6.07, 6.45) is 5.83. The smallest absolute Gasteiger partial charge is 0.181 e. The highest BCUT2D eigenvalue weighted by Crippen LogP contribution is 2.63. The molecule has 2 aliphatic carbocycles. The predicted octanol–water partition coefficient (Wildman–Crippen LogP) is 2.30. The molecule has 82 valence electrons. The van der Waals surface area contributed by atoms with Gasteiger partial charge < -0.3 is 9.73 Å². The summed E-state index contributed by atoms with van der Waals surface area (Å²) in [6.45, 7) is 3.97. The van der Waals surface area contributed by atoms with Gasteiger partial charge in [-0.15, -0.1) is 0 Å². The minimum absolute atomic E-state index is 0.704. The van der Waals surface area contributed by atoms with Crippen LogP contribution in [0.3, 0.4) is 0 Å². The Morgan fingerprint density at radius 2 is 2.27 bits per heavy atom. The molecule has 1 N–H and O–H groups in total. The molecular weight excluding hydrogens is 188 g/mol. The Bertz CT molecular complexity index is 337. The Morgan fingerprint density at radius 3 is 3.00 bits per heavy atom. The van der Waals surface area contributed by atoms with Crippen molar-refractivity contribution in [2.24, 2.45) is 11.8 Å². The topological polar surface area (TPSA) is 38.1 Å². The third-order valence-electron chi connectivity index (χ3n) is 3.92. The van der Waals surface area contributed by atoms with Crippen molar-refractivity contribution < 1.29 is 4.42 Å². The average Bonchev–Trinajstić information content (AvgIpc) is 2.73. The van der Waals surface area contributed by atoms with Gasteiger partial charge in [0, 0.05) is 12.5 Å². The molecule has 0 spiro atoms. The molecule has 15 heavy (non-hydrogen) atoms. The minimum atomic E-state index is 0.704. The monoisotopic (exact) mass is 206 g/mol. The first-order chi connectivity index (χ1) is 7.42. The highest BCUT2D eigenvalue weighted by atomic mass is 16.3. The Kier molecular flexibility index (Phi) is 2.28. The van der Waals surface area contributed by atoms with Crippen LogP contribution >= 0.6 is 0 Å². The second kappa shape index (κ2) is 3.63. The summed E-state index contributed by atoms with van der Waals surface area (Å²) in [5.41, 5.74) is 1.14. The molecule has 2 saturated carbocycles. The third-order valence-corrected chi connectivity index (χ3v) is 3.92. The molecule has 0 radical (unpaired) electrons. The number of nitrogens with zero attached hydrogens (tertiary/aromatic N) is 1. The van der Waals surface area contributed by atoms with Gasteiger partial charge in [0.25, 0.3) is 0 Å². The largest absolute Gasteiger partial charge is 0.448 e. The first-order valence-electron chi connectivity index (χ1n) is 6.04. The van der Waals surface area contributed by atoms with Gasteiger partial charge in [-0.25, -0.2) is 4.98 Å². The first-order valence-corrected chi connectivity index (χ1v) is 6.04. The maximum atomic E-state index is 5.57. The van der Waals surface area contributed by atoms with Crippen molar-refractivity contribution >= 4 is 0 Å². The van der Waals surface area contributed by atoms with Crippen molar-refractivity contribution in [3.05, 3.63) is 17.8 Å². The Balaban J connectivity index is 1.72. The number of hydrogen-bond donors (Lipinski definition) is 1. The van der Waals surface area contributed by atoms with Gasteiger partial charge in [-0.05, 0) is 31.2 Å². The van der Waals surface area contributed by atoms with E-state index in [1.807, 2.05) is 0 Å². The fourth-order valence-corrected chi connectivity index (χ4v) is 3.14. The van der Waals surface area contributed by atoms with Crippen LogP contribution in [0.15, 0.2) is 10.8 Å². The van der Waals surface area contributed by atoms with Crippen molar-refractivity contribution in [3.8, 4) is 0 Å².